The Kier molecular flexibility index (Phi) is 5.82. The Bertz CT molecular complexity index is 1170. The van der Waals surface area contributed by atoms with Crippen LogP contribution in [0.4, 0.5) is 0 Å². The number of halogens is 1. The van der Waals surface area contributed by atoms with Crippen LogP contribution in [0.1, 0.15) is 15.9 Å². The highest BCUT2D eigenvalue weighted by Gasteiger charge is 2.17. The van der Waals surface area contributed by atoms with Crippen molar-refractivity contribution in [2.45, 2.75) is 6.54 Å². The lowest BCUT2D eigenvalue weighted by atomic mass is 10.1. The van der Waals surface area contributed by atoms with Crippen molar-refractivity contribution >= 4 is 17.5 Å². The largest absolute Gasteiger partial charge is 0.497 e. The fourth-order valence-corrected chi connectivity index (χ4v) is 3.27. The molecule has 0 aliphatic heterocycles. The van der Waals surface area contributed by atoms with Gasteiger partial charge in [0.15, 0.2) is 5.76 Å². The average Bonchev–Trinajstić information content (AvgIpc) is 3.28. The summed E-state index contributed by atoms with van der Waals surface area (Å²) in [5, 5.41) is 3.52. The van der Waals surface area contributed by atoms with Gasteiger partial charge in [0.25, 0.3) is 5.91 Å². The van der Waals surface area contributed by atoms with Gasteiger partial charge in [0, 0.05) is 22.7 Å². The Morgan fingerprint density at radius 1 is 1.03 bits per heavy atom. The van der Waals surface area contributed by atoms with Crippen molar-refractivity contribution in [2.24, 2.45) is 0 Å². The Labute approximate surface area is 179 Å². The topological polar surface area (TPSA) is 64.4 Å². The van der Waals surface area contributed by atoms with E-state index in [4.69, 9.17) is 20.8 Å². The van der Waals surface area contributed by atoms with Crippen LogP contribution >= 0.6 is 11.6 Å². The van der Waals surface area contributed by atoms with Crippen molar-refractivity contribution in [1.82, 2.24) is 10.3 Å². The summed E-state index contributed by atoms with van der Waals surface area (Å²) in [5.41, 5.74) is 2.82. The number of hydrogen-bond donors (Lipinski definition) is 1. The third-order valence-corrected chi connectivity index (χ3v) is 5.05. The van der Waals surface area contributed by atoms with Gasteiger partial charge in [-0.05, 0) is 48.0 Å². The van der Waals surface area contributed by atoms with Crippen LogP contribution in [-0.4, -0.2) is 18.0 Å². The molecule has 0 aliphatic rings. The number of ether oxygens (including phenoxy) is 1. The second-order valence-corrected chi connectivity index (χ2v) is 6.99. The second-order valence-electron chi connectivity index (χ2n) is 6.58. The fourth-order valence-electron chi connectivity index (χ4n) is 3.07. The predicted molar refractivity (Wildman–Crippen MR) is 117 cm³/mol. The van der Waals surface area contributed by atoms with Crippen molar-refractivity contribution in [3.8, 4) is 28.5 Å². The quantitative estimate of drug-likeness (QED) is 0.442. The standard InChI is InChI=1S/C24H19ClN2O3/c1-29-18-12-10-16(11-13-18)22-15-27-24(30-22)20-8-4-3-7-19(20)23(28)26-14-17-6-2-5-9-21(17)25/h2-13,15H,14H2,1H3,(H,26,28). The highest BCUT2D eigenvalue weighted by atomic mass is 35.5. The molecule has 0 radical (unpaired) electrons. The Hall–Kier alpha value is -3.57. The molecule has 4 rings (SSSR count). The molecule has 30 heavy (non-hydrogen) atoms. The van der Waals surface area contributed by atoms with Crippen molar-refractivity contribution < 1.29 is 13.9 Å². The van der Waals surface area contributed by atoms with Gasteiger partial charge in [0.05, 0.1) is 18.9 Å². The van der Waals surface area contributed by atoms with Gasteiger partial charge in [-0.15, -0.1) is 0 Å². The summed E-state index contributed by atoms with van der Waals surface area (Å²) in [7, 11) is 1.62. The predicted octanol–water partition coefficient (Wildman–Crippen LogP) is 5.60. The number of carbonyl (C=O) groups excluding carboxylic acids is 1. The minimum Gasteiger partial charge on any atom is -0.497 e. The van der Waals surface area contributed by atoms with Crippen LogP contribution in [0.3, 0.4) is 0 Å². The molecule has 6 heteroatoms. The molecule has 0 unspecified atom stereocenters. The third kappa shape index (κ3) is 4.21. The van der Waals surface area contributed by atoms with E-state index in [0.717, 1.165) is 16.9 Å². The summed E-state index contributed by atoms with van der Waals surface area (Å²) in [6.07, 6.45) is 1.65. The van der Waals surface area contributed by atoms with Gasteiger partial charge in [-0.3, -0.25) is 4.79 Å². The molecule has 0 spiro atoms. The lowest BCUT2D eigenvalue weighted by molar-refractivity contribution is 0.0951. The van der Waals surface area contributed by atoms with Crippen molar-refractivity contribution in [1.29, 1.82) is 0 Å². The minimum atomic E-state index is -0.227. The molecular formula is C24H19ClN2O3. The van der Waals surface area contributed by atoms with E-state index in [1.165, 1.54) is 0 Å². The molecular weight excluding hydrogens is 400 g/mol. The Balaban J connectivity index is 1.56. The summed E-state index contributed by atoms with van der Waals surface area (Å²) < 4.78 is 11.1. The number of hydrogen-bond acceptors (Lipinski definition) is 4. The first-order valence-electron chi connectivity index (χ1n) is 9.37. The van der Waals surface area contributed by atoms with Gasteiger partial charge in [-0.2, -0.15) is 0 Å². The van der Waals surface area contributed by atoms with Gasteiger partial charge in [-0.25, -0.2) is 4.98 Å². The first kappa shape index (κ1) is 19.7. The number of aromatic nitrogens is 1. The maximum absolute atomic E-state index is 12.8. The first-order valence-corrected chi connectivity index (χ1v) is 9.75. The van der Waals surface area contributed by atoms with Crippen LogP contribution in [0.15, 0.2) is 83.4 Å². The molecule has 150 valence electrons. The Morgan fingerprint density at radius 3 is 2.53 bits per heavy atom. The minimum absolute atomic E-state index is 0.227. The van der Waals surface area contributed by atoms with Gasteiger partial charge < -0.3 is 14.5 Å². The molecule has 0 saturated heterocycles. The third-order valence-electron chi connectivity index (χ3n) is 4.68. The average molecular weight is 419 g/mol. The fraction of sp³-hybridized carbons (Fsp3) is 0.0833. The zero-order valence-corrected chi connectivity index (χ0v) is 17.0. The van der Waals surface area contributed by atoms with Crippen LogP contribution in [0, 0.1) is 0 Å². The molecule has 0 saturated carbocycles. The number of carbonyl (C=O) groups is 1. The van der Waals surface area contributed by atoms with Crippen molar-refractivity contribution in [2.75, 3.05) is 7.11 Å². The van der Waals surface area contributed by atoms with E-state index >= 15 is 0 Å². The van der Waals surface area contributed by atoms with E-state index in [9.17, 15) is 4.79 Å². The molecule has 5 nitrogen and oxygen atoms in total. The zero-order chi connectivity index (χ0) is 20.9. The lowest BCUT2D eigenvalue weighted by Crippen LogP contribution is -2.23. The van der Waals surface area contributed by atoms with Crippen molar-refractivity contribution in [3.63, 3.8) is 0 Å². The number of nitrogens with zero attached hydrogens (tertiary/aromatic N) is 1. The van der Waals surface area contributed by atoms with Crippen LogP contribution in [-0.2, 0) is 6.54 Å². The maximum Gasteiger partial charge on any atom is 0.252 e. The van der Waals surface area contributed by atoms with E-state index in [1.807, 2.05) is 54.6 Å². The van der Waals surface area contributed by atoms with Gasteiger partial charge in [0.2, 0.25) is 5.89 Å². The maximum atomic E-state index is 12.8. The normalized spacial score (nSPS) is 10.6. The number of amides is 1. The van der Waals surface area contributed by atoms with Crippen LogP contribution in [0.25, 0.3) is 22.8 Å². The number of oxazole rings is 1. The molecule has 1 aromatic heterocycles. The van der Waals surface area contributed by atoms with Crippen molar-refractivity contribution in [3.05, 3.63) is 95.1 Å². The molecule has 1 N–H and O–H groups in total. The summed E-state index contributed by atoms with van der Waals surface area (Å²) in [4.78, 5) is 17.2. The monoisotopic (exact) mass is 418 g/mol. The molecule has 0 aliphatic carbocycles. The number of benzene rings is 3. The summed E-state index contributed by atoms with van der Waals surface area (Å²) >= 11 is 6.18. The zero-order valence-electron chi connectivity index (χ0n) is 16.3. The number of nitrogens with one attached hydrogen (secondary N) is 1. The van der Waals surface area contributed by atoms with Gasteiger partial charge in [-0.1, -0.05) is 41.9 Å². The molecule has 1 amide bonds. The number of rotatable bonds is 6. The van der Waals surface area contributed by atoms with E-state index in [0.29, 0.717) is 34.3 Å². The summed E-state index contributed by atoms with van der Waals surface area (Å²) in [6, 6.07) is 22.1. The SMILES string of the molecule is COc1ccc(-c2cnc(-c3ccccc3C(=O)NCc3ccccc3Cl)o2)cc1. The molecule has 1 heterocycles. The van der Waals surface area contributed by atoms with Crippen LogP contribution < -0.4 is 10.1 Å². The molecule has 0 atom stereocenters. The number of methoxy groups -OCH3 is 1. The van der Waals surface area contributed by atoms with Gasteiger partial charge >= 0.3 is 0 Å². The lowest BCUT2D eigenvalue weighted by Gasteiger charge is -2.09. The van der Waals surface area contributed by atoms with E-state index < -0.39 is 0 Å². The van der Waals surface area contributed by atoms with Crippen LogP contribution in [0.5, 0.6) is 5.75 Å². The molecule has 0 fully saturated rings. The second kappa shape index (κ2) is 8.84. The van der Waals surface area contributed by atoms with E-state index in [1.54, 1.807) is 31.5 Å². The molecule has 0 bridgehead atoms. The molecule has 3 aromatic carbocycles. The first-order chi connectivity index (χ1) is 14.7. The summed E-state index contributed by atoms with van der Waals surface area (Å²) in [5.74, 6) is 1.52. The summed E-state index contributed by atoms with van der Waals surface area (Å²) in [6.45, 7) is 0.329. The van der Waals surface area contributed by atoms with Crippen LogP contribution in [0.2, 0.25) is 5.02 Å². The smallest absolute Gasteiger partial charge is 0.252 e. The highest BCUT2D eigenvalue weighted by molar-refractivity contribution is 6.31. The Morgan fingerprint density at radius 2 is 1.77 bits per heavy atom. The van der Waals surface area contributed by atoms with Gasteiger partial charge in [0.1, 0.15) is 5.75 Å². The highest BCUT2D eigenvalue weighted by Crippen LogP contribution is 2.29. The van der Waals surface area contributed by atoms with E-state index in [-0.39, 0.29) is 5.91 Å². The molecule has 4 aromatic rings. The van der Waals surface area contributed by atoms with E-state index in [2.05, 4.69) is 10.3 Å².